The van der Waals surface area contributed by atoms with E-state index in [1.807, 2.05) is 6.07 Å². The first kappa shape index (κ1) is 18.4. The van der Waals surface area contributed by atoms with Gasteiger partial charge in [-0.1, -0.05) is 46.8 Å². The molecule has 0 saturated carbocycles. The van der Waals surface area contributed by atoms with Crippen LogP contribution in [0.1, 0.15) is 5.56 Å². The summed E-state index contributed by atoms with van der Waals surface area (Å²) in [5.41, 5.74) is 3.40. The molecule has 0 unspecified atom stereocenters. The summed E-state index contributed by atoms with van der Waals surface area (Å²) in [6.07, 6.45) is 3.07. The van der Waals surface area contributed by atoms with Crippen molar-refractivity contribution in [3.05, 3.63) is 71.2 Å². The first-order valence-electron chi connectivity index (χ1n) is 7.32. The molecule has 0 fully saturated rings. The lowest BCUT2D eigenvalue weighted by atomic mass is 10.2. The van der Waals surface area contributed by atoms with Crippen molar-refractivity contribution < 1.29 is 14.3 Å². The zero-order valence-corrected chi connectivity index (χ0v) is 14.8. The van der Waals surface area contributed by atoms with Gasteiger partial charge in [-0.05, 0) is 35.9 Å². The normalized spacial score (nSPS) is 10.3. The van der Waals surface area contributed by atoms with Crippen molar-refractivity contribution in [2.45, 2.75) is 0 Å². The molecule has 0 atom stereocenters. The Morgan fingerprint density at radius 1 is 1.16 bits per heavy atom. The van der Waals surface area contributed by atoms with Crippen LogP contribution >= 0.6 is 15.9 Å². The van der Waals surface area contributed by atoms with Gasteiger partial charge in [-0.25, -0.2) is 5.43 Å². The zero-order chi connectivity index (χ0) is 18.1. The van der Waals surface area contributed by atoms with E-state index in [9.17, 15) is 9.59 Å². The van der Waals surface area contributed by atoms with Gasteiger partial charge < -0.3 is 10.1 Å². The van der Waals surface area contributed by atoms with Crippen LogP contribution in [0.3, 0.4) is 0 Å². The zero-order valence-electron chi connectivity index (χ0n) is 13.2. The van der Waals surface area contributed by atoms with E-state index in [1.165, 1.54) is 6.21 Å². The average Bonchev–Trinajstić information content (AvgIpc) is 2.60. The van der Waals surface area contributed by atoms with Gasteiger partial charge in [0.25, 0.3) is 0 Å². The second-order valence-electron chi connectivity index (χ2n) is 4.84. The molecule has 6 nitrogen and oxygen atoms in total. The Labute approximate surface area is 153 Å². The van der Waals surface area contributed by atoms with Crippen LogP contribution in [0.15, 0.2) is 70.8 Å². The molecule has 0 spiro atoms. The number of hydrogen-bond donors (Lipinski definition) is 2. The number of nitrogens with one attached hydrogen (secondary N) is 2. The Bertz CT molecular complexity index is 806. The van der Waals surface area contributed by atoms with Gasteiger partial charge in [0.1, 0.15) is 12.4 Å². The summed E-state index contributed by atoms with van der Waals surface area (Å²) in [4.78, 5) is 23.5. The molecular formula is C18H16BrN3O3. The molecule has 25 heavy (non-hydrogen) atoms. The van der Waals surface area contributed by atoms with Crippen LogP contribution in [0, 0.1) is 0 Å². The van der Waals surface area contributed by atoms with Crippen LogP contribution in [-0.4, -0.2) is 24.6 Å². The lowest BCUT2D eigenvalue weighted by Crippen LogP contribution is -2.32. The molecule has 7 heteroatoms. The number of anilines is 1. The molecule has 0 bridgehead atoms. The van der Waals surface area contributed by atoms with E-state index in [4.69, 9.17) is 4.74 Å². The lowest BCUT2D eigenvalue weighted by molar-refractivity contribution is -0.136. The Hall–Kier alpha value is -2.93. The van der Waals surface area contributed by atoms with Gasteiger partial charge >= 0.3 is 11.8 Å². The van der Waals surface area contributed by atoms with Gasteiger partial charge in [-0.2, -0.15) is 5.10 Å². The fourth-order valence-corrected chi connectivity index (χ4v) is 2.21. The number of hydrogen-bond acceptors (Lipinski definition) is 4. The number of nitrogens with zero attached hydrogens (tertiary/aromatic N) is 1. The van der Waals surface area contributed by atoms with Crippen molar-refractivity contribution in [1.82, 2.24) is 5.43 Å². The Kier molecular flexibility index (Phi) is 6.91. The minimum Gasteiger partial charge on any atom is -0.490 e. The molecule has 2 aromatic carbocycles. The third-order valence-electron chi connectivity index (χ3n) is 2.89. The minimum atomic E-state index is -0.865. The summed E-state index contributed by atoms with van der Waals surface area (Å²) >= 11 is 3.29. The highest BCUT2D eigenvalue weighted by atomic mass is 79.9. The van der Waals surface area contributed by atoms with Gasteiger partial charge in [-0.15, -0.1) is 0 Å². The van der Waals surface area contributed by atoms with E-state index in [-0.39, 0.29) is 0 Å². The van der Waals surface area contributed by atoms with E-state index < -0.39 is 11.8 Å². The van der Waals surface area contributed by atoms with Crippen LogP contribution in [0.4, 0.5) is 5.69 Å². The van der Waals surface area contributed by atoms with Crippen LogP contribution in [0.5, 0.6) is 5.75 Å². The molecule has 2 aromatic rings. The Morgan fingerprint density at radius 2 is 1.96 bits per heavy atom. The maximum absolute atomic E-state index is 11.8. The lowest BCUT2D eigenvalue weighted by Gasteiger charge is -2.04. The third kappa shape index (κ3) is 6.23. The monoisotopic (exact) mass is 401 g/mol. The minimum absolute atomic E-state index is 0.396. The summed E-state index contributed by atoms with van der Waals surface area (Å²) < 4.78 is 6.20. The molecule has 2 amide bonds. The van der Waals surface area contributed by atoms with Crippen LogP contribution in [0.25, 0.3) is 0 Å². The quantitative estimate of drug-likeness (QED) is 0.337. The molecule has 0 radical (unpaired) electrons. The molecule has 128 valence electrons. The van der Waals surface area contributed by atoms with Gasteiger partial charge in [0.2, 0.25) is 0 Å². The fraction of sp³-hybridized carbons (Fsp3) is 0.0556. The molecule has 0 aliphatic carbocycles. The Balaban J connectivity index is 1.89. The predicted molar refractivity (Wildman–Crippen MR) is 101 cm³/mol. The fourth-order valence-electron chi connectivity index (χ4n) is 1.81. The van der Waals surface area contributed by atoms with E-state index in [0.717, 1.165) is 4.47 Å². The predicted octanol–water partition coefficient (Wildman–Crippen LogP) is 3.10. The van der Waals surface area contributed by atoms with Gasteiger partial charge in [0, 0.05) is 10.2 Å². The topological polar surface area (TPSA) is 79.8 Å². The van der Waals surface area contributed by atoms with Crippen molar-refractivity contribution in [2.24, 2.45) is 5.10 Å². The van der Waals surface area contributed by atoms with Crippen LogP contribution in [-0.2, 0) is 9.59 Å². The summed E-state index contributed by atoms with van der Waals surface area (Å²) in [5.74, 6) is -1.02. The van der Waals surface area contributed by atoms with E-state index in [2.05, 4.69) is 38.4 Å². The number of hydrazone groups is 1. The highest BCUT2D eigenvalue weighted by molar-refractivity contribution is 9.10. The largest absolute Gasteiger partial charge is 0.490 e. The highest BCUT2D eigenvalue weighted by Gasteiger charge is 2.12. The number of rotatable bonds is 6. The van der Waals surface area contributed by atoms with Gasteiger partial charge in [0.05, 0.1) is 6.21 Å². The maximum Gasteiger partial charge on any atom is 0.329 e. The summed E-state index contributed by atoms with van der Waals surface area (Å²) in [6, 6.07) is 14.0. The molecule has 0 heterocycles. The van der Waals surface area contributed by atoms with E-state index in [1.54, 1.807) is 48.5 Å². The summed E-state index contributed by atoms with van der Waals surface area (Å²) in [6.45, 7) is 3.98. The molecule has 2 N–H and O–H groups in total. The first-order chi connectivity index (χ1) is 12.1. The summed E-state index contributed by atoms with van der Waals surface area (Å²) in [5, 5.41) is 6.25. The molecule has 0 saturated heterocycles. The second-order valence-corrected chi connectivity index (χ2v) is 5.75. The van der Waals surface area contributed by atoms with Crippen molar-refractivity contribution in [3.63, 3.8) is 0 Å². The first-order valence-corrected chi connectivity index (χ1v) is 8.11. The standard InChI is InChI=1S/C18H16BrN3O3/c1-2-9-25-16-8-3-5-13(10-16)12-20-22-18(24)17(23)21-15-7-4-6-14(19)11-15/h2-8,10-12H,1,9H2,(H,21,23)(H,22,24)/b20-12+. The van der Waals surface area contributed by atoms with Crippen molar-refractivity contribution >= 4 is 39.6 Å². The number of halogens is 1. The molecular weight excluding hydrogens is 386 g/mol. The number of carbonyl (C=O) groups excluding carboxylic acids is 2. The SMILES string of the molecule is C=CCOc1cccc(/C=N/NC(=O)C(=O)Nc2cccc(Br)c2)c1. The van der Waals surface area contributed by atoms with Crippen molar-refractivity contribution in [2.75, 3.05) is 11.9 Å². The van der Waals surface area contributed by atoms with E-state index in [0.29, 0.717) is 23.6 Å². The number of carbonyl (C=O) groups is 2. The summed E-state index contributed by atoms with van der Waals surface area (Å²) in [7, 11) is 0. The smallest absolute Gasteiger partial charge is 0.329 e. The number of ether oxygens (including phenoxy) is 1. The molecule has 0 aliphatic heterocycles. The number of benzene rings is 2. The average molecular weight is 402 g/mol. The van der Waals surface area contributed by atoms with Crippen LogP contribution < -0.4 is 15.5 Å². The highest BCUT2D eigenvalue weighted by Crippen LogP contribution is 2.15. The molecule has 2 rings (SSSR count). The van der Waals surface area contributed by atoms with Gasteiger partial charge in [-0.3, -0.25) is 9.59 Å². The van der Waals surface area contributed by atoms with E-state index >= 15 is 0 Å². The van der Waals surface area contributed by atoms with Crippen molar-refractivity contribution in [3.8, 4) is 5.75 Å². The number of amides is 2. The molecule has 0 aliphatic rings. The molecule has 0 aromatic heterocycles. The van der Waals surface area contributed by atoms with Crippen molar-refractivity contribution in [1.29, 1.82) is 0 Å². The third-order valence-corrected chi connectivity index (χ3v) is 3.39. The van der Waals surface area contributed by atoms with Crippen LogP contribution in [0.2, 0.25) is 0 Å². The van der Waals surface area contributed by atoms with Gasteiger partial charge in [0.15, 0.2) is 0 Å². The Morgan fingerprint density at radius 3 is 2.72 bits per heavy atom. The second kappa shape index (κ2) is 9.39. The maximum atomic E-state index is 11.8.